The standard InChI is InChI=1S/C15H10ClNO2/c1-9-4-2-3-5-11(9)14-15(18)12-7-6-10(16)8-13(12)17(14)19/h2-8H,1H3. The fourth-order valence-corrected chi connectivity index (χ4v) is 2.44. The SMILES string of the molecule is Cc1ccccc1C1=[N+]([O-])c2cc(Cl)ccc2C1=O. The van der Waals surface area contributed by atoms with Crippen molar-refractivity contribution in [2.24, 2.45) is 0 Å². The normalized spacial score (nSPS) is 13.9. The van der Waals surface area contributed by atoms with E-state index in [9.17, 15) is 10.0 Å². The van der Waals surface area contributed by atoms with E-state index in [4.69, 9.17) is 11.6 Å². The minimum atomic E-state index is -0.254. The van der Waals surface area contributed by atoms with Gasteiger partial charge >= 0.3 is 0 Å². The molecule has 4 heteroatoms. The van der Waals surface area contributed by atoms with Crippen LogP contribution in [-0.4, -0.2) is 16.2 Å². The highest BCUT2D eigenvalue weighted by molar-refractivity contribution is 6.52. The predicted octanol–water partition coefficient (Wildman–Crippen LogP) is 3.48. The Hall–Kier alpha value is -2.13. The molecule has 0 spiro atoms. The maximum Gasteiger partial charge on any atom is 0.273 e. The van der Waals surface area contributed by atoms with Crippen LogP contribution in [0.4, 0.5) is 5.69 Å². The average Bonchev–Trinajstić information content (AvgIpc) is 2.63. The van der Waals surface area contributed by atoms with Gasteiger partial charge in [-0.1, -0.05) is 29.8 Å². The van der Waals surface area contributed by atoms with Gasteiger partial charge < -0.3 is 5.21 Å². The second kappa shape index (κ2) is 4.21. The number of carbonyl (C=O) groups excluding carboxylic acids is 1. The van der Waals surface area contributed by atoms with Crippen molar-refractivity contribution in [1.29, 1.82) is 0 Å². The van der Waals surface area contributed by atoms with Gasteiger partial charge in [-0.25, -0.2) is 0 Å². The van der Waals surface area contributed by atoms with Crippen molar-refractivity contribution in [2.45, 2.75) is 6.92 Å². The van der Waals surface area contributed by atoms with Crippen molar-refractivity contribution in [1.82, 2.24) is 0 Å². The number of ketones is 1. The smallest absolute Gasteiger partial charge is 0.273 e. The maximum atomic E-state index is 12.3. The van der Waals surface area contributed by atoms with Gasteiger partial charge in [0.15, 0.2) is 0 Å². The van der Waals surface area contributed by atoms with Crippen LogP contribution in [0.25, 0.3) is 0 Å². The number of rotatable bonds is 1. The number of fused-ring (bicyclic) bond motifs is 1. The summed E-state index contributed by atoms with van der Waals surface area (Å²) in [6, 6.07) is 12.1. The Morgan fingerprint density at radius 2 is 1.84 bits per heavy atom. The van der Waals surface area contributed by atoms with Gasteiger partial charge in [-0.05, 0) is 30.7 Å². The van der Waals surface area contributed by atoms with Gasteiger partial charge in [0.1, 0.15) is 5.56 Å². The van der Waals surface area contributed by atoms with E-state index in [2.05, 4.69) is 0 Å². The number of carbonyl (C=O) groups is 1. The summed E-state index contributed by atoms with van der Waals surface area (Å²) >= 11 is 5.88. The van der Waals surface area contributed by atoms with Crippen molar-refractivity contribution in [2.75, 3.05) is 0 Å². The highest BCUT2D eigenvalue weighted by Crippen LogP contribution is 2.31. The molecule has 0 saturated heterocycles. The molecule has 1 aliphatic heterocycles. The van der Waals surface area contributed by atoms with Crippen LogP contribution in [0.3, 0.4) is 0 Å². The summed E-state index contributed by atoms with van der Waals surface area (Å²) in [5, 5.41) is 12.8. The van der Waals surface area contributed by atoms with E-state index in [0.29, 0.717) is 26.6 Å². The van der Waals surface area contributed by atoms with Crippen molar-refractivity contribution in [3.05, 3.63) is 69.4 Å². The molecule has 0 N–H and O–H groups in total. The summed E-state index contributed by atoms with van der Waals surface area (Å²) in [5.41, 5.74) is 2.43. The lowest BCUT2D eigenvalue weighted by Crippen LogP contribution is -2.17. The Labute approximate surface area is 115 Å². The quantitative estimate of drug-likeness (QED) is 0.589. The predicted molar refractivity (Wildman–Crippen MR) is 74.4 cm³/mol. The van der Waals surface area contributed by atoms with Gasteiger partial charge in [-0.2, -0.15) is 4.74 Å². The van der Waals surface area contributed by atoms with Crippen LogP contribution < -0.4 is 0 Å². The third-order valence-corrected chi connectivity index (χ3v) is 3.48. The lowest BCUT2D eigenvalue weighted by molar-refractivity contribution is -0.355. The van der Waals surface area contributed by atoms with Crippen LogP contribution in [0, 0.1) is 12.1 Å². The fourth-order valence-electron chi connectivity index (χ4n) is 2.28. The van der Waals surface area contributed by atoms with E-state index in [1.54, 1.807) is 18.2 Å². The fraction of sp³-hybridized carbons (Fsp3) is 0.0667. The number of Topliss-reactive ketones (excluding diaryl/α,β-unsaturated/α-hetero) is 1. The summed E-state index contributed by atoms with van der Waals surface area (Å²) in [4.78, 5) is 12.3. The lowest BCUT2D eigenvalue weighted by atomic mass is 9.99. The first-order valence-corrected chi connectivity index (χ1v) is 6.22. The first kappa shape index (κ1) is 11.9. The van der Waals surface area contributed by atoms with Crippen LogP contribution in [0.1, 0.15) is 21.5 Å². The molecular weight excluding hydrogens is 262 g/mol. The van der Waals surface area contributed by atoms with E-state index in [1.807, 2.05) is 25.1 Å². The second-order valence-corrected chi connectivity index (χ2v) is 4.88. The van der Waals surface area contributed by atoms with Gasteiger partial charge in [0.05, 0.1) is 5.56 Å². The molecule has 0 radical (unpaired) electrons. The molecule has 0 amide bonds. The number of halogens is 1. The molecule has 0 aliphatic carbocycles. The minimum Gasteiger partial charge on any atom is -0.618 e. The molecule has 0 unspecified atom stereocenters. The molecule has 94 valence electrons. The third-order valence-electron chi connectivity index (χ3n) is 3.24. The number of hydrogen-bond donors (Lipinski definition) is 0. The molecule has 0 aromatic heterocycles. The van der Waals surface area contributed by atoms with Crippen LogP contribution in [-0.2, 0) is 0 Å². The van der Waals surface area contributed by atoms with Crippen molar-refractivity contribution in [3.8, 4) is 0 Å². The molecule has 3 rings (SSSR count). The largest absolute Gasteiger partial charge is 0.618 e. The van der Waals surface area contributed by atoms with Gasteiger partial charge in [-0.3, -0.25) is 4.79 Å². The Morgan fingerprint density at radius 3 is 2.58 bits per heavy atom. The molecule has 0 fully saturated rings. The van der Waals surface area contributed by atoms with Crippen LogP contribution >= 0.6 is 11.6 Å². The Bertz CT molecular complexity index is 735. The maximum absolute atomic E-state index is 12.3. The molecule has 0 bridgehead atoms. The Morgan fingerprint density at radius 1 is 1.11 bits per heavy atom. The van der Waals surface area contributed by atoms with Crippen molar-refractivity contribution >= 4 is 28.8 Å². The van der Waals surface area contributed by atoms with E-state index >= 15 is 0 Å². The number of hydrogen-bond acceptors (Lipinski definition) is 2. The summed E-state index contributed by atoms with van der Waals surface area (Å²) in [6.45, 7) is 1.87. The lowest BCUT2D eigenvalue weighted by Gasteiger charge is -2.04. The summed E-state index contributed by atoms with van der Waals surface area (Å²) in [7, 11) is 0. The zero-order valence-electron chi connectivity index (χ0n) is 10.2. The van der Waals surface area contributed by atoms with Gasteiger partial charge in [0.2, 0.25) is 5.69 Å². The molecule has 0 saturated carbocycles. The molecular formula is C15H10ClNO2. The van der Waals surface area contributed by atoms with E-state index in [1.165, 1.54) is 6.07 Å². The molecule has 0 atom stereocenters. The van der Waals surface area contributed by atoms with E-state index in [-0.39, 0.29) is 11.5 Å². The molecule has 1 heterocycles. The second-order valence-electron chi connectivity index (χ2n) is 4.45. The zero-order valence-corrected chi connectivity index (χ0v) is 10.9. The summed E-state index contributed by atoms with van der Waals surface area (Å²) < 4.78 is 0.672. The average molecular weight is 272 g/mol. The van der Waals surface area contributed by atoms with Crippen molar-refractivity contribution < 1.29 is 9.53 Å². The number of benzene rings is 2. The van der Waals surface area contributed by atoms with E-state index < -0.39 is 0 Å². The van der Waals surface area contributed by atoms with Gasteiger partial charge in [0, 0.05) is 11.1 Å². The molecule has 2 aromatic carbocycles. The summed E-state index contributed by atoms with van der Waals surface area (Å²) in [5.74, 6) is -0.254. The summed E-state index contributed by atoms with van der Waals surface area (Å²) in [6.07, 6.45) is 0. The third kappa shape index (κ3) is 1.74. The minimum absolute atomic E-state index is 0.162. The first-order chi connectivity index (χ1) is 9.09. The first-order valence-electron chi connectivity index (χ1n) is 5.84. The number of aryl methyl sites for hydroxylation is 1. The Kier molecular flexibility index (Phi) is 2.64. The Balaban J connectivity index is 2.25. The van der Waals surface area contributed by atoms with Crippen LogP contribution in [0.15, 0.2) is 42.5 Å². The molecule has 2 aromatic rings. The van der Waals surface area contributed by atoms with Crippen LogP contribution in [0.2, 0.25) is 5.02 Å². The number of nitrogens with zero attached hydrogens (tertiary/aromatic N) is 1. The molecule has 1 aliphatic rings. The van der Waals surface area contributed by atoms with E-state index in [0.717, 1.165) is 5.56 Å². The van der Waals surface area contributed by atoms with Gasteiger partial charge in [-0.15, -0.1) is 0 Å². The topological polar surface area (TPSA) is 43.1 Å². The van der Waals surface area contributed by atoms with Crippen LogP contribution in [0.5, 0.6) is 0 Å². The van der Waals surface area contributed by atoms with Crippen molar-refractivity contribution in [3.63, 3.8) is 0 Å². The molecule has 19 heavy (non-hydrogen) atoms. The monoisotopic (exact) mass is 271 g/mol. The molecule has 3 nitrogen and oxygen atoms in total. The van der Waals surface area contributed by atoms with Gasteiger partial charge in [0.25, 0.3) is 11.5 Å². The highest BCUT2D eigenvalue weighted by atomic mass is 35.5. The zero-order chi connectivity index (χ0) is 13.6. The highest BCUT2D eigenvalue weighted by Gasteiger charge is 2.37.